The molecule has 2 heteroatoms. The summed E-state index contributed by atoms with van der Waals surface area (Å²) in [5.41, 5.74) is 5.46. The van der Waals surface area contributed by atoms with Gasteiger partial charge in [0.1, 0.15) is 0 Å². The van der Waals surface area contributed by atoms with Crippen molar-refractivity contribution in [3.05, 3.63) is 12.7 Å². The zero-order chi connectivity index (χ0) is 8.27. The summed E-state index contributed by atoms with van der Waals surface area (Å²) in [6.07, 6.45) is 4.92. The van der Waals surface area contributed by atoms with Gasteiger partial charge in [0, 0.05) is 12.5 Å². The van der Waals surface area contributed by atoms with Crippen molar-refractivity contribution in [1.29, 1.82) is 0 Å². The smallest absolute Gasteiger partial charge is 0.159 e. The molecular formula is C9H15NO. The topological polar surface area (TPSA) is 43.1 Å². The zero-order valence-electron chi connectivity index (χ0n) is 6.75. The molecule has 62 valence electrons. The van der Waals surface area contributed by atoms with Gasteiger partial charge >= 0.3 is 0 Å². The highest BCUT2D eigenvalue weighted by molar-refractivity contribution is 5.91. The number of allylic oxidation sites excluding steroid dienone is 1. The minimum atomic E-state index is 0.0417. The number of carbonyl (C=O) groups excluding carboxylic acids is 1. The lowest BCUT2D eigenvalue weighted by molar-refractivity contribution is -0.118. The summed E-state index contributed by atoms with van der Waals surface area (Å²) in [5.74, 6) is 0.923. The van der Waals surface area contributed by atoms with E-state index >= 15 is 0 Å². The maximum atomic E-state index is 11.1. The number of ketones is 1. The molecule has 0 radical (unpaired) electrons. The Morgan fingerprint density at radius 2 is 2.36 bits per heavy atom. The molecule has 0 saturated heterocycles. The van der Waals surface area contributed by atoms with Crippen LogP contribution < -0.4 is 5.73 Å². The maximum absolute atomic E-state index is 11.1. The SMILES string of the molecule is C=CC(=O)C(CN)CC1CC1. The first-order chi connectivity index (χ1) is 5.27. The lowest BCUT2D eigenvalue weighted by Gasteiger charge is -2.08. The van der Waals surface area contributed by atoms with E-state index in [-0.39, 0.29) is 11.7 Å². The van der Waals surface area contributed by atoms with E-state index in [0.29, 0.717) is 6.54 Å². The van der Waals surface area contributed by atoms with E-state index in [1.807, 2.05) is 0 Å². The molecule has 1 unspecified atom stereocenters. The highest BCUT2D eigenvalue weighted by Gasteiger charge is 2.27. The molecule has 2 nitrogen and oxygen atoms in total. The van der Waals surface area contributed by atoms with Gasteiger partial charge < -0.3 is 5.73 Å². The number of nitrogens with two attached hydrogens (primary N) is 1. The third-order valence-electron chi connectivity index (χ3n) is 2.20. The van der Waals surface area contributed by atoms with Gasteiger partial charge in [0.15, 0.2) is 5.78 Å². The van der Waals surface area contributed by atoms with Crippen LogP contribution in [0.3, 0.4) is 0 Å². The maximum Gasteiger partial charge on any atom is 0.159 e. The predicted molar refractivity (Wildman–Crippen MR) is 45.1 cm³/mol. The molecule has 1 atom stereocenters. The van der Waals surface area contributed by atoms with Crippen molar-refractivity contribution in [2.75, 3.05) is 6.54 Å². The Morgan fingerprint density at radius 1 is 1.73 bits per heavy atom. The lowest BCUT2D eigenvalue weighted by atomic mass is 9.97. The number of carbonyl (C=O) groups is 1. The van der Waals surface area contributed by atoms with Crippen LogP contribution in [0.15, 0.2) is 12.7 Å². The molecule has 11 heavy (non-hydrogen) atoms. The molecule has 0 aliphatic heterocycles. The molecule has 1 aliphatic carbocycles. The average Bonchev–Trinajstić information content (AvgIpc) is 2.82. The van der Waals surface area contributed by atoms with Crippen LogP contribution in [0, 0.1) is 11.8 Å². The highest BCUT2D eigenvalue weighted by Crippen LogP contribution is 2.35. The van der Waals surface area contributed by atoms with Crippen LogP contribution in [-0.4, -0.2) is 12.3 Å². The van der Waals surface area contributed by atoms with Gasteiger partial charge in [-0.15, -0.1) is 0 Å². The quantitative estimate of drug-likeness (QED) is 0.601. The van der Waals surface area contributed by atoms with Gasteiger partial charge in [-0.05, 0) is 18.4 Å². The van der Waals surface area contributed by atoms with Crippen molar-refractivity contribution < 1.29 is 4.79 Å². The summed E-state index contributed by atoms with van der Waals surface area (Å²) in [5, 5.41) is 0. The van der Waals surface area contributed by atoms with Gasteiger partial charge in [0.25, 0.3) is 0 Å². The third kappa shape index (κ3) is 2.46. The lowest BCUT2D eigenvalue weighted by Crippen LogP contribution is -2.22. The predicted octanol–water partition coefficient (Wildman–Crippen LogP) is 1.12. The zero-order valence-corrected chi connectivity index (χ0v) is 6.75. The highest BCUT2D eigenvalue weighted by atomic mass is 16.1. The fourth-order valence-electron chi connectivity index (χ4n) is 1.25. The molecule has 0 aromatic heterocycles. The average molecular weight is 153 g/mol. The molecule has 0 heterocycles. The van der Waals surface area contributed by atoms with Gasteiger partial charge in [0.05, 0.1) is 0 Å². The van der Waals surface area contributed by atoms with Crippen LogP contribution in [0.4, 0.5) is 0 Å². The van der Waals surface area contributed by atoms with Crippen molar-refractivity contribution in [3.8, 4) is 0 Å². The van der Waals surface area contributed by atoms with Gasteiger partial charge in [0.2, 0.25) is 0 Å². The summed E-state index contributed by atoms with van der Waals surface area (Å²) in [6.45, 7) is 3.93. The number of hydrogen-bond donors (Lipinski definition) is 1. The fraction of sp³-hybridized carbons (Fsp3) is 0.667. The molecule has 0 bridgehead atoms. The minimum absolute atomic E-state index is 0.0417. The van der Waals surface area contributed by atoms with E-state index in [9.17, 15) is 4.79 Å². The molecule has 0 spiro atoms. The molecule has 1 aliphatic rings. The molecular weight excluding hydrogens is 138 g/mol. The van der Waals surface area contributed by atoms with E-state index in [2.05, 4.69) is 6.58 Å². The summed E-state index contributed by atoms with van der Waals surface area (Å²) >= 11 is 0. The second-order valence-corrected chi connectivity index (χ2v) is 3.22. The summed E-state index contributed by atoms with van der Waals surface area (Å²) in [7, 11) is 0. The Balaban J connectivity index is 2.33. The largest absolute Gasteiger partial charge is 0.330 e. The fourth-order valence-corrected chi connectivity index (χ4v) is 1.25. The van der Waals surface area contributed by atoms with Gasteiger partial charge in [-0.3, -0.25) is 4.79 Å². The monoisotopic (exact) mass is 153 g/mol. The number of rotatable bonds is 5. The second-order valence-electron chi connectivity index (χ2n) is 3.22. The van der Waals surface area contributed by atoms with Gasteiger partial charge in [-0.1, -0.05) is 19.4 Å². The molecule has 0 aromatic carbocycles. The Kier molecular flexibility index (Phi) is 2.83. The Bertz CT molecular complexity index is 161. The van der Waals surface area contributed by atoms with E-state index in [0.717, 1.165) is 12.3 Å². The first-order valence-electron chi connectivity index (χ1n) is 4.14. The molecule has 1 saturated carbocycles. The first kappa shape index (κ1) is 8.47. The molecule has 0 amide bonds. The minimum Gasteiger partial charge on any atom is -0.330 e. The summed E-state index contributed by atoms with van der Waals surface area (Å²) in [6, 6.07) is 0. The Labute approximate surface area is 67.5 Å². The Morgan fingerprint density at radius 3 is 2.73 bits per heavy atom. The van der Waals surface area contributed by atoms with Gasteiger partial charge in [-0.25, -0.2) is 0 Å². The van der Waals surface area contributed by atoms with Crippen LogP contribution >= 0.6 is 0 Å². The van der Waals surface area contributed by atoms with Crippen molar-refractivity contribution >= 4 is 5.78 Å². The molecule has 1 fully saturated rings. The van der Waals surface area contributed by atoms with E-state index in [1.165, 1.54) is 18.9 Å². The van der Waals surface area contributed by atoms with E-state index < -0.39 is 0 Å². The van der Waals surface area contributed by atoms with Crippen molar-refractivity contribution in [2.24, 2.45) is 17.6 Å². The Hall–Kier alpha value is -0.630. The van der Waals surface area contributed by atoms with Gasteiger partial charge in [-0.2, -0.15) is 0 Å². The van der Waals surface area contributed by atoms with Crippen LogP contribution in [0.1, 0.15) is 19.3 Å². The van der Waals surface area contributed by atoms with Crippen molar-refractivity contribution in [3.63, 3.8) is 0 Å². The molecule has 1 rings (SSSR count). The molecule has 2 N–H and O–H groups in total. The number of hydrogen-bond acceptors (Lipinski definition) is 2. The third-order valence-corrected chi connectivity index (χ3v) is 2.20. The summed E-state index contributed by atoms with van der Waals surface area (Å²) < 4.78 is 0. The van der Waals surface area contributed by atoms with Crippen molar-refractivity contribution in [1.82, 2.24) is 0 Å². The summed E-state index contributed by atoms with van der Waals surface area (Å²) in [4.78, 5) is 11.1. The van der Waals surface area contributed by atoms with E-state index in [4.69, 9.17) is 5.73 Å². The first-order valence-corrected chi connectivity index (χ1v) is 4.14. The standard InChI is InChI=1S/C9H15NO/c1-2-9(11)8(6-10)5-7-3-4-7/h2,7-8H,1,3-6,10H2. The van der Waals surface area contributed by atoms with Crippen LogP contribution in [0.2, 0.25) is 0 Å². The molecule has 0 aromatic rings. The van der Waals surface area contributed by atoms with E-state index in [1.54, 1.807) is 0 Å². The van der Waals surface area contributed by atoms with Crippen LogP contribution in [-0.2, 0) is 4.79 Å². The van der Waals surface area contributed by atoms with Crippen LogP contribution in [0.5, 0.6) is 0 Å². The second kappa shape index (κ2) is 3.67. The normalized spacial score (nSPS) is 19.4. The van der Waals surface area contributed by atoms with Crippen LogP contribution in [0.25, 0.3) is 0 Å². The van der Waals surface area contributed by atoms with Crippen molar-refractivity contribution in [2.45, 2.75) is 19.3 Å².